The van der Waals surface area contributed by atoms with Crippen molar-refractivity contribution in [1.29, 1.82) is 0 Å². The number of aryl methyl sites for hydroxylation is 1. The van der Waals surface area contributed by atoms with E-state index >= 15 is 0 Å². The first-order valence-corrected chi connectivity index (χ1v) is 6.85. The number of nitrogens with one attached hydrogen (secondary N) is 1. The molecule has 1 aromatic carbocycles. The van der Waals surface area contributed by atoms with Crippen LogP contribution in [-0.2, 0) is 4.79 Å². The molecule has 0 aliphatic heterocycles. The minimum absolute atomic E-state index is 0.00733. The fraction of sp³-hybridized carbons (Fsp3) is 0.400. The van der Waals surface area contributed by atoms with Gasteiger partial charge in [-0.05, 0) is 30.2 Å². The van der Waals surface area contributed by atoms with E-state index in [1.165, 1.54) is 0 Å². The van der Waals surface area contributed by atoms with Crippen LogP contribution in [0.3, 0.4) is 0 Å². The number of ether oxygens (including phenoxy) is 1. The van der Waals surface area contributed by atoms with Gasteiger partial charge in [-0.25, -0.2) is 0 Å². The largest absolute Gasteiger partial charge is 0.484 e. The Balaban J connectivity index is 1.86. The molecule has 0 unspecified atom stereocenters. The van der Waals surface area contributed by atoms with Gasteiger partial charge in [0.1, 0.15) is 5.75 Å². The van der Waals surface area contributed by atoms with Crippen molar-refractivity contribution in [1.82, 2.24) is 15.5 Å². The van der Waals surface area contributed by atoms with Gasteiger partial charge < -0.3 is 14.6 Å². The Morgan fingerprint density at radius 2 is 2.05 bits per heavy atom. The summed E-state index contributed by atoms with van der Waals surface area (Å²) >= 11 is 0. The number of rotatable bonds is 6. The number of nitrogens with zero attached hydrogens (tertiary/aromatic N) is 2. The number of aromatic nitrogens is 2. The molecule has 0 aliphatic rings. The van der Waals surface area contributed by atoms with E-state index in [0.29, 0.717) is 29.9 Å². The lowest BCUT2D eigenvalue weighted by Gasteiger charge is -2.09. The standard InChI is InChI=1S/C15H19N3O3/c1-10(2)8-16-14(19)9-20-13-6-4-12(5-7-13)15-17-11(3)21-18-15/h4-7,10H,8-9H2,1-3H3,(H,16,19). The lowest BCUT2D eigenvalue weighted by molar-refractivity contribution is -0.123. The third-order valence-electron chi connectivity index (χ3n) is 2.72. The highest BCUT2D eigenvalue weighted by Crippen LogP contribution is 2.19. The molecule has 6 heteroatoms. The molecule has 21 heavy (non-hydrogen) atoms. The fourth-order valence-corrected chi connectivity index (χ4v) is 1.63. The minimum atomic E-state index is -0.124. The molecule has 1 amide bonds. The van der Waals surface area contributed by atoms with Crippen LogP contribution in [0.2, 0.25) is 0 Å². The molecule has 0 bridgehead atoms. The minimum Gasteiger partial charge on any atom is -0.484 e. The van der Waals surface area contributed by atoms with Crippen molar-refractivity contribution in [3.63, 3.8) is 0 Å². The first kappa shape index (κ1) is 15.0. The lowest BCUT2D eigenvalue weighted by Crippen LogP contribution is -2.31. The van der Waals surface area contributed by atoms with E-state index in [9.17, 15) is 4.79 Å². The molecule has 112 valence electrons. The van der Waals surface area contributed by atoms with Crippen LogP contribution in [0.5, 0.6) is 5.75 Å². The molecule has 0 saturated carbocycles. The highest BCUT2D eigenvalue weighted by molar-refractivity contribution is 5.77. The number of carbonyl (C=O) groups excluding carboxylic acids is 1. The predicted molar refractivity (Wildman–Crippen MR) is 77.8 cm³/mol. The van der Waals surface area contributed by atoms with E-state index in [4.69, 9.17) is 9.26 Å². The van der Waals surface area contributed by atoms with Gasteiger partial charge in [-0.2, -0.15) is 4.98 Å². The van der Waals surface area contributed by atoms with Gasteiger partial charge in [0.2, 0.25) is 11.7 Å². The predicted octanol–water partition coefficient (Wildman–Crippen LogP) is 2.20. The SMILES string of the molecule is Cc1nc(-c2ccc(OCC(=O)NCC(C)C)cc2)no1. The Labute approximate surface area is 123 Å². The van der Waals surface area contributed by atoms with Crippen LogP contribution in [0.1, 0.15) is 19.7 Å². The van der Waals surface area contributed by atoms with Gasteiger partial charge in [-0.1, -0.05) is 19.0 Å². The first-order chi connectivity index (χ1) is 10.0. The Bertz CT molecular complexity index is 590. The quantitative estimate of drug-likeness (QED) is 0.882. The summed E-state index contributed by atoms with van der Waals surface area (Å²) in [7, 11) is 0. The molecular formula is C15H19N3O3. The van der Waals surface area contributed by atoms with Crippen LogP contribution in [-0.4, -0.2) is 29.2 Å². The molecule has 0 fully saturated rings. The molecule has 6 nitrogen and oxygen atoms in total. The lowest BCUT2D eigenvalue weighted by atomic mass is 10.2. The highest BCUT2D eigenvalue weighted by atomic mass is 16.5. The highest BCUT2D eigenvalue weighted by Gasteiger charge is 2.07. The van der Waals surface area contributed by atoms with Crippen molar-refractivity contribution in [2.45, 2.75) is 20.8 Å². The van der Waals surface area contributed by atoms with Crippen LogP contribution < -0.4 is 10.1 Å². The number of carbonyl (C=O) groups is 1. The van der Waals surface area contributed by atoms with Gasteiger partial charge >= 0.3 is 0 Å². The summed E-state index contributed by atoms with van der Waals surface area (Å²) in [5, 5.41) is 6.64. The molecule has 2 aromatic rings. The zero-order chi connectivity index (χ0) is 15.2. The summed E-state index contributed by atoms with van der Waals surface area (Å²) in [6, 6.07) is 7.20. The maximum absolute atomic E-state index is 11.5. The molecule has 0 radical (unpaired) electrons. The van der Waals surface area contributed by atoms with Gasteiger partial charge in [-0.15, -0.1) is 0 Å². The smallest absolute Gasteiger partial charge is 0.257 e. The van der Waals surface area contributed by atoms with Gasteiger partial charge in [0.05, 0.1) is 0 Å². The Morgan fingerprint density at radius 3 is 2.62 bits per heavy atom. The fourth-order valence-electron chi connectivity index (χ4n) is 1.63. The Hall–Kier alpha value is -2.37. The van der Waals surface area contributed by atoms with Crippen molar-refractivity contribution < 1.29 is 14.1 Å². The number of benzene rings is 1. The summed E-state index contributed by atoms with van der Waals surface area (Å²) < 4.78 is 10.3. The van der Waals surface area contributed by atoms with Crippen LogP contribution in [0.25, 0.3) is 11.4 Å². The first-order valence-electron chi connectivity index (χ1n) is 6.85. The molecule has 0 spiro atoms. The Morgan fingerprint density at radius 1 is 1.33 bits per heavy atom. The van der Waals surface area contributed by atoms with Gasteiger partial charge in [0.15, 0.2) is 6.61 Å². The molecule has 1 heterocycles. The average molecular weight is 289 g/mol. The van der Waals surface area contributed by atoms with Crippen molar-refractivity contribution in [2.75, 3.05) is 13.2 Å². The monoisotopic (exact) mass is 289 g/mol. The summed E-state index contributed by atoms with van der Waals surface area (Å²) in [6.45, 7) is 6.48. The van der Waals surface area contributed by atoms with Crippen LogP contribution in [0, 0.1) is 12.8 Å². The normalized spacial score (nSPS) is 10.7. The molecule has 1 aromatic heterocycles. The summed E-state index contributed by atoms with van der Waals surface area (Å²) in [4.78, 5) is 15.7. The van der Waals surface area contributed by atoms with Crippen molar-refractivity contribution in [3.8, 4) is 17.1 Å². The van der Waals surface area contributed by atoms with Crippen LogP contribution >= 0.6 is 0 Å². The van der Waals surface area contributed by atoms with Crippen molar-refractivity contribution >= 4 is 5.91 Å². The number of amides is 1. The second kappa shape index (κ2) is 6.88. The van der Waals surface area contributed by atoms with E-state index < -0.39 is 0 Å². The molecule has 0 atom stereocenters. The van der Waals surface area contributed by atoms with Crippen molar-refractivity contribution in [2.24, 2.45) is 5.92 Å². The molecule has 0 saturated heterocycles. The van der Waals surface area contributed by atoms with E-state index in [0.717, 1.165) is 5.56 Å². The van der Waals surface area contributed by atoms with E-state index in [2.05, 4.69) is 15.5 Å². The summed E-state index contributed by atoms with van der Waals surface area (Å²) in [6.07, 6.45) is 0. The maximum atomic E-state index is 11.5. The van der Waals surface area contributed by atoms with Gasteiger partial charge in [0.25, 0.3) is 5.91 Å². The van der Waals surface area contributed by atoms with E-state index in [-0.39, 0.29) is 12.5 Å². The third-order valence-corrected chi connectivity index (χ3v) is 2.72. The maximum Gasteiger partial charge on any atom is 0.257 e. The van der Waals surface area contributed by atoms with Crippen LogP contribution in [0.4, 0.5) is 0 Å². The third kappa shape index (κ3) is 4.59. The molecular weight excluding hydrogens is 270 g/mol. The Kier molecular flexibility index (Phi) is 4.92. The number of hydrogen-bond acceptors (Lipinski definition) is 5. The van der Waals surface area contributed by atoms with Gasteiger partial charge in [0, 0.05) is 19.0 Å². The van der Waals surface area contributed by atoms with E-state index in [1.54, 1.807) is 19.1 Å². The average Bonchev–Trinajstić information content (AvgIpc) is 2.90. The zero-order valence-electron chi connectivity index (χ0n) is 12.4. The molecule has 1 N–H and O–H groups in total. The zero-order valence-corrected chi connectivity index (χ0v) is 12.4. The molecule has 2 rings (SSSR count). The van der Waals surface area contributed by atoms with Gasteiger partial charge in [-0.3, -0.25) is 4.79 Å². The summed E-state index contributed by atoms with van der Waals surface area (Å²) in [5.41, 5.74) is 0.837. The van der Waals surface area contributed by atoms with Crippen LogP contribution in [0.15, 0.2) is 28.8 Å². The van der Waals surface area contributed by atoms with Crippen molar-refractivity contribution in [3.05, 3.63) is 30.2 Å². The number of hydrogen-bond donors (Lipinski definition) is 1. The van der Waals surface area contributed by atoms with E-state index in [1.807, 2.05) is 26.0 Å². The summed E-state index contributed by atoms with van der Waals surface area (Å²) in [5.74, 6) is 1.98. The topological polar surface area (TPSA) is 77.2 Å². The second-order valence-corrected chi connectivity index (χ2v) is 5.15. The molecule has 0 aliphatic carbocycles. The second-order valence-electron chi connectivity index (χ2n) is 5.15.